The van der Waals surface area contributed by atoms with Crippen LogP contribution in [0.25, 0.3) is 0 Å². The lowest BCUT2D eigenvalue weighted by atomic mass is 10.1. The number of carbonyl (C=O) groups is 1. The van der Waals surface area contributed by atoms with E-state index in [1.165, 1.54) is 0 Å². The average Bonchev–Trinajstić information content (AvgIpc) is 2.31. The molecule has 20 heavy (non-hydrogen) atoms. The molecule has 0 aliphatic rings. The van der Waals surface area contributed by atoms with Gasteiger partial charge in [0, 0.05) is 9.64 Å². The third-order valence-corrected chi connectivity index (χ3v) is 3.63. The normalized spacial score (nSPS) is 11.3. The van der Waals surface area contributed by atoms with Crippen molar-refractivity contribution in [3.05, 3.63) is 20.9 Å². The van der Waals surface area contributed by atoms with E-state index in [1.807, 2.05) is 22.6 Å². The second kappa shape index (κ2) is 7.30. The Hall–Kier alpha value is -0.770. The summed E-state index contributed by atoms with van der Waals surface area (Å²) in [5, 5.41) is 0. The first kappa shape index (κ1) is 17.3. The molecule has 0 saturated heterocycles. The number of carbonyl (C=O) groups excluding carboxylic acids is 1. The Bertz CT molecular complexity index is 497. The maximum absolute atomic E-state index is 12.2. The van der Waals surface area contributed by atoms with Crippen LogP contribution in [-0.2, 0) is 21.8 Å². The maximum Gasteiger partial charge on any atom is 0.574 e. The number of aromatic nitrogens is 1. The van der Waals surface area contributed by atoms with Gasteiger partial charge in [0.05, 0.1) is 24.6 Å². The van der Waals surface area contributed by atoms with Gasteiger partial charge in [0.1, 0.15) is 0 Å². The van der Waals surface area contributed by atoms with Gasteiger partial charge in [-0.25, -0.2) is 4.98 Å². The molecule has 0 atom stereocenters. The minimum Gasteiger partial charge on any atom is -0.466 e. The van der Waals surface area contributed by atoms with Gasteiger partial charge in [-0.2, -0.15) is 0 Å². The summed E-state index contributed by atoms with van der Waals surface area (Å²) in [5.41, 5.74) is 0.544. The summed E-state index contributed by atoms with van der Waals surface area (Å²) < 4.78 is 45.6. The summed E-state index contributed by atoms with van der Waals surface area (Å²) in [7, 11) is 0. The number of esters is 1. The van der Waals surface area contributed by atoms with Gasteiger partial charge in [0.25, 0.3) is 0 Å². The van der Waals surface area contributed by atoms with Gasteiger partial charge >= 0.3 is 12.3 Å². The Morgan fingerprint density at radius 2 is 2.15 bits per heavy atom. The Labute approximate surface area is 131 Å². The van der Waals surface area contributed by atoms with Gasteiger partial charge in [-0.3, -0.25) is 4.79 Å². The summed E-state index contributed by atoms with van der Waals surface area (Å²) in [5.74, 6) is -1.29. The molecule has 0 bridgehead atoms. The van der Waals surface area contributed by atoms with Gasteiger partial charge in [-0.1, -0.05) is 0 Å². The van der Waals surface area contributed by atoms with E-state index in [-0.39, 0.29) is 24.6 Å². The fraction of sp³-hybridized carbons (Fsp3) is 0.455. The Balaban J connectivity index is 3.08. The second-order valence-corrected chi connectivity index (χ2v) is 4.89. The van der Waals surface area contributed by atoms with Crippen LogP contribution in [-0.4, -0.2) is 23.9 Å². The van der Waals surface area contributed by atoms with Crippen LogP contribution in [0.2, 0.25) is 0 Å². The van der Waals surface area contributed by atoms with Crippen LogP contribution >= 0.6 is 34.2 Å². The zero-order chi connectivity index (χ0) is 15.3. The molecule has 0 aliphatic carbocycles. The van der Waals surface area contributed by atoms with Crippen LogP contribution in [0.15, 0.2) is 6.07 Å². The molecule has 0 aliphatic heterocycles. The van der Waals surface area contributed by atoms with Crippen LogP contribution in [0.3, 0.4) is 0 Å². The molecule has 0 amide bonds. The predicted octanol–water partition coefficient (Wildman–Crippen LogP) is 3.43. The fourth-order valence-corrected chi connectivity index (χ4v) is 2.44. The molecule has 1 aromatic rings. The molecule has 0 unspecified atom stereocenters. The molecule has 112 valence electrons. The Morgan fingerprint density at radius 1 is 1.50 bits per heavy atom. The Kier molecular flexibility index (Phi) is 6.31. The highest BCUT2D eigenvalue weighted by atomic mass is 127. The number of rotatable bonds is 5. The van der Waals surface area contributed by atoms with E-state index in [0.717, 1.165) is 6.07 Å². The highest BCUT2D eigenvalue weighted by molar-refractivity contribution is 14.1. The molecule has 1 aromatic heterocycles. The summed E-state index contributed by atoms with van der Waals surface area (Å²) >= 11 is 7.49. The summed E-state index contributed by atoms with van der Waals surface area (Å²) in [6, 6.07) is 1.06. The van der Waals surface area contributed by atoms with E-state index < -0.39 is 18.2 Å². The number of alkyl halides is 4. The average molecular weight is 424 g/mol. The lowest BCUT2D eigenvalue weighted by Crippen LogP contribution is -2.19. The third kappa shape index (κ3) is 5.31. The van der Waals surface area contributed by atoms with Gasteiger partial charge in [-0.05, 0) is 35.1 Å². The highest BCUT2D eigenvalue weighted by Gasteiger charge is 2.32. The maximum atomic E-state index is 12.2. The number of pyridine rings is 1. The molecular weight excluding hydrogens is 413 g/mol. The largest absolute Gasteiger partial charge is 0.574 e. The number of hydrogen-bond donors (Lipinski definition) is 0. The van der Waals surface area contributed by atoms with Crippen LogP contribution in [0.1, 0.15) is 18.2 Å². The van der Waals surface area contributed by atoms with Crippen molar-refractivity contribution in [1.29, 1.82) is 0 Å². The van der Waals surface area contributed by atoms with Gasteiger partial charge in [0.2, 0.25) is 5.88 Å². The molecule has 9 heteroatoms. The van der Waals surface area contributed by atoms with E-state index >= 15 is 0 Å². The molecule has 1 rings (SSSR count). The number of ether oxygens (including phenoxy) is 2. The topological polar surface area (TPSA) is 48.4 Å². The minimum absolute atomic E-state index is 0.0941. The van der Waals surface area contributed by atoms with E-state index in [4.69, 9.17) is 16.3 Å². The zero-order valence-corrected chi connectivity index (χ0v) is 13.2. The molecule has 0 fully saturated rings. The summed E-state index contributed by atoms with van der Waals surface area (Å²) in [6.45, 7) is 1.83. The number of halogens is 5. The minimum atomic E-state index is -4.86. The molecule has 4 nitrogen and oxygen atoms in total. The van der Waals surface area contributed by atoms with Crippen molar-refractivity contribution in [2.24, 2.45) is 0 Å². The van der Waals surface area contributed by atoms with Crippen molar-refractivity contribution in [1.82, 2.24) is 4.98 Å². The predicted molar refractivity (Wildman–Crippen MR) is 73.5 cm³/mol. The first-order chi connectivity index (χ1) is 9.26. The third-order valence-electron chi connectivity index (χ3n) is 2.07. The van der Waals surface area contributed by atoms with Gasteiger partial charge in [-0.15, -0.1) is 24.8 Å². The summed E-state index contributed by atoms with van der Waals surface area (Å²) in [6.07, 6.45) is -5.03. The molecule has 1 heterocycles. The first-order valence-corrected chi connectivity index (χ1v) is 7.03. The lowest BCUT2D eigenvalue weighted by Gasteiger charge is -2.13. The number of hydrogen-bond acceptors (Lipinski definition) is 4. The SMILES string of the molecule is CCOC(=O)Cc1cc(OC(F)(F)F)nc(CCl)c1I. The monoisotopic (exact) mass is 423 g/mol. The van der Waals surface area contributed by atoms with Crippen molar-refractivity contribution in [3.8, 4) is 5.88 Å². The van der Waals surface area contributed by atoms with Crippen molar-refractivity contribution in [2.75, 3.05) is 6.61 Å². The van der Waals surface area contributed by atoms with Crippen LogP contribution < -0.4 is 4.74 Å². The van der Waals surface area contributed by atoms with Crippen molar-refractivity contribution < 1.29 is 27.4 Å². The highest BCUT2D eigenvalue weighted by Crippen LogP contribution is 2.27. The Morgan fingerprint density at radius 3 is 2.65 bits per heavy atom. The van der Waals surface area contributed by atoms with Crippen LogP contribution in [0, 0.1) is 3.57 Å². The summed E-state index contributed by atoms with van der Waals surface area (Å²) in [4.78, 5) is 15.1. The van der Waals surface area contributed by atoms with Crippen molar-refractivity contribution >= 4 is 40.2 Å². The molecule has 0 N–H and O–H groups in total. The first-order valence-electron chi connectivity index (χ1n) is 5.42. The molecular formula is C11H10ClF3INO3. The van der Waals surface area contributed by atoms with E-state index in [9.17, 15) is 18.0 Å². The lowest BCUT2D eigenvalue weighted by molar-refractivity contribution is -0.276. The van der Waals surface area contributed by atoms with Crippen LogP contribution in [0.5, 0.6) is 5.88 Å². The standard InChI is InChI=1S/C11H10ClF3INO3/c1-2-19-9(18)4-6-3-8(20-11(13,14)15)17-7(5-12)10(6)16/h3H,2,4-5H2,1H3. The van der Waals surface area contributed by atoms with E-state index in [1.54, 1.807) is 6.92 Å². The molecule has 0 saturated carbocycles. The molecule has 0 aromatic carbocycles. The van der Waals surface area contributed by atoms with Crippen molar-refractivity contribution in [2.45, 2.75) is 25.6 Å². The number of nitrogens with zero attached hydrogens (tertiary/aromatic N) is 1. The quantitative estimate of drug-likeness (QED) is 0.414. The fourth-order valence-electron chi connectivity index (χ4n) is 1.37. The zero-order valence-electron chi connectivity index (χ0n) is 10.3. The van der Waals surface area contributed by atoms with Gasteiger partial charge in [0.15, 0.2) is 0 Å². The van der Waals surface area contributed by atoms with Gasteiger partial charge < -0.3 is 9.47 Å². The smallest absolute Gasteiger partial charge is 0.466 e. The van der Waals surface area contributed by atoms with E-state index in [0.29, 0.717) is 9.13 Å². The second-order valence-electron chi connectivity index (χ2n) is 3.54. The molecule has 0 radical (unpaired) electrons. The molecule has 0 spiro atoms. The van der Waals surface area contributed by atoms with Crippen LogP contribution in [0.4, 0.5) is 13.2 Å². The van der Waals surface area contributed by atoms with Crippen molar-refractivity contribution in [3.63, 3.8) is 0 Å². The van der Waals surface area contributed by atoms with E-state index in [2.05, 4.69) is 9.72 Å².